The van der Waals surface area contributed by atoms with Gasteiger partial charge in [-0.05, 0) is 30.9 Å². The Balaban J connectivity index is 1.72. The molecule has 1 amide bonds. The maximum atomic E-state index is 12.1. The number of anilines is 2. The van der Waals surface area contributed by atoms with Gasteiger partial charge in [-0.25, -0.2) is 9.97 Å². The highest BCUT2D eigenvalue weighted by atomic mass is 35.5. The van der Waals surface area contributed by atoms with Crippen molar-refractivity contribution in [2.45, 2.75) is 19.3 Å². The van der Waals surface area contributed by atoms with Crippen molar-refractivity contribution in [3.63, 3.8) is 0 Å². The number of aryl methyl sites for hydroxylation is 2. The van der Waals surface area contributed by atoms with Crippen LogP contribution in [-0.4, -0.2) is 39.2 Å². The van der Waals surface area contributed by atoms with Crippen LogP contribution in [0.4, 0.5) is 11.5 Å². The molecule has 0 atom stereocenters. The summed E-state index contributed by atoms with van der Waals surface area (Å²) < 4.78 is 1.64. The second-order valence-electron chi connectivity index (χ2n) is 5.40. The number of halogens is 1. The van der Waals surface area contributed by atoms with Crippen molar-refractivity contribution in [1.82, 2.24) is 19.7 Å². The summed E-state index contributed by atoms with van der Waals surface area (Å²) in [7, 11) is 3.63. The highest BCUT2D eigenvalue weighted by molar-refractivity contribution is 6.28. The van der Waals surface area contributed by atoms with Crippen molar-refractivity contribution in [1.29, 1.82) is 0 Å². The van der Waals surface area contributed by atoms with Crippen LogP contribution in [0.25, 0.3) is 0 Å². The van der Waals surface area contributed by atoms with Crippen molar-refractivity contribution in [3.8, 4) is 0 Å². The van der Waals surface area contributed by atoms with Crippen LogP contribution in [0.3, 0.4) is 0 Å². The van der Waals surface area contributed by atoms with Gasteiger partial charge in [0.1, 0.15) is 5.82 Å². The average molecular weight is 321 g/mol. The molecule has 7 nitrogen and oxygen atoms in total. The van der Waals surface area contributed by atoms with E-state index in [1.165, 1.54) is 0 Å². The largest absolute Gasteiger partial charge is 0.350 e. The number of hydrogen-bond donors (Lipinski definition) is 1. The second kappa shape index (κ2) is 5.92. The van der Waals surface area contributed by atoms with Crippen molar-refractivity contribution in [2.24, 2.45) is 7.05 Å². The van der Waals surface area contributed by atoms with Crippen molar-refractivity contribution in [2.75, 3.05) is 23.8 Å². The fourth-order valence-corrected chi connectivity index (χ4v) is 2.86. The average Bonchev–Trinajstić information content (AvgIpc) is 3.06. The topological polar surface area (TPSA) is 75.9 Å². The summed E-state index contributed by atoms with van der Waals surface area (Å²) >= 11 is 5.98. The Morgan fingerprint density at radius 3 is 3.00 bits per heavy atom. The highest BCUT2D eigenvalue weighted by Crippen LogP contribution is 2.29. The third-order valence-corrected chi connectivity index (χ3v) is 3.78. The summed E-state index contributed by atoms with van der Waals surface area (Å²) in [5, 5.41) is 7.05. The summed E-state index contributed by atoms with van der Waals surface area (Å²) in [5.41, 5.74) is 2.77. The van der Waals surface area contributed by atoms with Crippen LogP contribution in [0.15, 0.2) is 12.4 Å². The maximum absolute atomic E-state index is 12.1. The molecule has 0 saturated carbocycles. The molecule has 0 radical (unpaired) electrons. The normalized spacial score (nSPS) is 13.0. The summed E-state index contributed by atoms with van der Waals surface area (Å²) in [6.07, 6.45) is 6.25. The molecule has 0 fully saturated rings. The molecule has 3 rings (SSSR count). The van der Waals surface area contributed by atoms with Gasteiger partial charge in [0.25, 0.3) is 0 Å². The number of nitrogens with zero attached hydrogens (tertiary/aromatic N) is 5. The number of carbonyl (C=O) groups excluding carboxylic acids is 1. The van der Waals surface area contributed by atoms with Crippen LogP contribution in [-0.2, 0) is 24.7 Å². The first-order valence-corrected chi connectivity index (χ1v) is 7.45. The summed E-state index contributed by atoms with van der Waals surface area (Å²) in [6, 6.07) is 0. The van der Waals surface area contributed by atoms with Gasteiger partial charge >= 0.3 is 0 Å². The Hall–Kier alpha value is -2.15. The summed E-state index contributed by atoms with van der Waals surface area (Å²) in [5.74, 6) is 0.616. The lowest BCUT2D eigenvalue weighted by molar-refractivity contribution is -0.114. The molecule has 0 spiro atoms. The number of carbonyl (C=O) groups is 1. The standard InChI is InChI=1S/C14H17ClN6O/c1-20(8-12(22)17-9-6-16-21(2)7-9)13-10-4-3-5-11(10)18-14(15)19-13/h6-7H,3-5,8H2,1-2H3,(H,17,22). The van der Waals surface area contributed by atoms with Crippen LogP contribution in [0, 0.1) is 0 Å². The molecule has 0 saturated heterocycles. The van der Waals surface area contributed by atoms with E-state index in [1.54, 1.807) is 24.1 Å². The molecule has 1 aliphatic rings. The number of fused-ring (bicyclic) bond motifs is 1. The molecule has 1 N–H and O–H groups in total. The zero-order valence-electron chi connectivity index (χ0n) is 12.5. The van der Waals surface area contributed by atoms with Gasteiger partial charge < -0.3 is 10.2 Å². The van der Waals surface area contributed by atoms with Gasteiger partial charge in [0, 0.05) is 25.9 Å². The first kappa shape index (κ1) is 14.8. The van der Waals surface area contributed by atoms with Crippen LogP contribution in [0.1, 0.15) is 17.7 Å². The monoisotopic (exact) mass is 320 g/mol. The zero-order valence-corrected chi connectivity index (χ0v) is 13.3. The molecule has 2 aromatic heterocycles. The quantitative estimate of drug-likeness (QED) is 0.862. The third-order valence-electron chi connectivity index (χ3n) is 3.61. The third kappa shape index (κ3) is 3.04. The fourth-order valence-electron chi connectivity index (χ4n) is 2.68. The number of rotatable bonds is 4. The molecular formula is C14H17ClN6O. The van der Waals surface area contributed by atoms with E-state index in [0.29, 0.717) is 5.69 Å². The smallest absolute Gasteiger partial charge is 0.244 e. The van der Waals surface area contributed by atoms with E-state index in [2.05, 4.69) is 20.4 Å². The first-order chi connectivity index (χ1) is 10.5. The van der Waals surface area contributed by atoms with Gasteiger partial charge in [-0.15, -0.1) is 0 Å². The highest BCUT2D eigenvalue weighted by Gasteiger charge is 2.22. The Kier molecular flexibility index (Phi) is 3.98. The van der Waals surface area contributed by atoms with E-state index in [-0.39, 0.29) is 17.7 Å². The lowest BCUT2D eigenvalue weighted by atomic mass is 10.2. The second-order valence-corrected chi connectivity index (χ2v) is 5.74. The molecule has 0 unspecified atom stereocenters. The fraction of sp³-hybridized carbons (Fsp3) is 0.429. The Bertz CT molecular complexity index is 713. The van der Waals surface area contributed by atoms with Gasteiger partial charge in [-0.3, -0.25) is 9.48 Å². The van der Waals surface area contributed by atoms with E-state index < -0.39 is 0 Å². The van der Waals surface area contributed by atoms with Crippen LogP contribution in [0.5, 0.6) is 0 Å². The lowest BCUT2D eigenvalue weighted by Gasteiger charge is -2.20. The van der Waals surface area contributed by atoms with E-state index in [4.69, 9.17) is 11.6 Å². The minimum Gasteiger partial charge on any atom is -0.350 e. The molecule has 0 bridgehead atoms. The van der Waals surface area contributed by atoms with Gasteiger partial charge in [0.2, 0.25) is 11.2 Å². The first-order valence-electron chi connectivity index (χ1n) is 7.08. The van der Waals surface area contributed by atoms with E-state index in [9.17, 15) is 4.79 Å². The summed E-state index contributed by atoms with van der Waals surface area (Å²) in [4.78, 5) is 22.5. The van der Waals surface area contributed by atoms with Crippen molar-refractivity contribution >= 4 is 29.0 Å². The number of nitrogens with one attached hydrogen (secondary N) is 1. The van der Waals surface area contributed by atoms with Crippen LogP contribution < -0.4 is 10.2 Å². The molecule has 0 aliphatic heterocycles. The minimum absolute atomic E-state index is 0.128. The van der Waals surface area contributed by atoms with Gasteiger partial charge in [-0.2, -0.15) is 5.10 Å². The van der Waals surface area contributed by atoms with E-state index >= 15 is 0 Å². The Labute approximate surface area is 133 Å². The van der Waals surface area contributed by atoms with Crippen molar-refractivity contribution in [3.05, 3.63) is 28.9 Å². The molecule has 116 valence electrons. The minimum atomic E-state index is -0.128. The van der Waals surface area contributed by atoms with Gasteiger partial charge in [0.05, 0.1) is 24.1 Å². The van der Waals surface area contributed by atoms with Gasteiger partial charge in [0.15, 0.2) is 0 Å². The number of aromatic nitrogens is 4. The molecule has 2 aromatic rings. The molecule has 0 aromatic carbocycles. The molecule has 22 heavy (non-hydrogen) atoms. The Morgan fingerprint density at radius 2 is 2.27 bits per heavy atom. The predicted octanol–water partition coefficient (Wildman–Crippen LogP) is 1.43. The van der Waals surface area contributed by atoms with E-state index in [1.807, 2.05) is 11.9 Å². The predicted molar refractivity (Wildman–Crippen MR) is 84.2 cm³/mol. The van der Waals surface area contributed by atoms with Crippen molar-refractivity contribution < 1.29 is 4.79 Å². The number of amides is 1. The van der Waals surface area contributed by atoms with Gasteiger partial charge in [-0.1, -0.05) is 0 Å². The number of hydrogen-bond acceptors (Lipinski definition) is 5. The van der Waals surface area contributed by atoms with Crippen LogP contribution in [0.2, 0.25) is 5.28 Å². The van der Waals surface area contributed by atoms with E-state index in [0.717, 1.165) is 36.3 Å². The zero-order chi connectivity index (χ0) is 15.7. The maximum Gasteiger partial charge on any atom is 0.244 e. The SMILES string of the molecule is CN(CC(=O)Nc1cnn(C)c1)c1nc(Cl)nc2c1CCC2. The molecule has 2 heterocycles. The summed E-state index contributed by atoms with van der Waals surface area (Å²) in [6.45, 7) is 0.189. The molecular weight excluding hydrogens is 304 g/mol. The molecule has 1 aliphatic carbocycles. The van der Waals surface area contributed by atoms with Crippen LogP contribution >= 0.6 is 11.6 Å². The lowest BCUT2D eigenvalue weighted by Crippen LogP contribution is -2.31. The molecule has 8 heteroatoms. The number of likely N-dealkylation sites (N-methyl/N-ethyl adjacent to an activating group) is 1. The Morgan fingerprint density at radius 1 is 1.45 bits per heavy atom.